The molecule has 0 aromatic heterocycles. The first-order chi connectivity index (χ1) is 4.25. The zero-order valence-corrected chi connectivity index (χ0v) is 6.78. The summed E-state index contributed by atoms with van der Waals surface area (Å²) in [5.74, 6) is 3.70. The Labute approximate surface area is 58.7 Å². The minimum atomic E-state index is 0.921. The highest BCUT2D eigenvalue weighted by molar-refractivity contribution is 5.14. The number of hydrogen-bond acceptors (Lipinski definition) is 0. The van der Waals surface area contributed by atoms with Gasteiger partial charge in [-0.3, -0.25) is 0 Å². The molecule has 0 bridgehead atoms. The molecule has 1 rings (SSSR count). The van der Waals surface area contributed by atoms with Gasteiger partial charge in [0.1, 0.15) is 18.3 Å². The summed E-state index contributed by atoms with van der Waals surface area (Å²) >= 11 is 0. The summed E-state index contributed by atoms with van der Waals surface area (Å²) in [5, 5.41) is 0. The molecular weight excluding hydrogens is 108 g/mol. The second-order valence-corrected chi connectivity index (χ2v) is 3.37. The largest absolute Gasteiger partial charge is 0.138 e. The highest BCUT2D eigenvalue weighted by Gasteiger charge is 2.50. The fourth-order valence-electron chi connectivity index (χ4n) is 1.60. The third-order valence-corrected chi connectivity index (χ3v) is 2.37. The van der Waals surface area contributed by atoms with Crippen LogP contribution in [0.3, 0.4) is 0 Å². The molecule has 0 heteroatoms. The third-order valence-electron chi connectivity index (χ3n) is 2.37. The summed E-state index contributed by atoms with van der Waals surface area (Å²) in [4.78, 5) is 0. The van der Waals surface area contributed by atoms with E-state index in [9.17, 15) is 0 Å². The summed E-state index contributed by atoms with van der Waals surface area (Å²) in [5.41, 5.74) is 0. The molecule has 1 aliphatic carbocycles. The maximum absolute atomic E-state index is 2.36. The SMILES string of the molecule is CCCC(C)[C+]1CC1C. The van der Waals surface area contributed by atoms with Crippen molar-refractivity contribution < 1.29 is 0 Å². The van der Waals surface area contributed by atoms with E-state index >= 15 is 0 Å². The van der Waals surface area contributed by atoms with Gasteiger partial charge in [-0.25, -0.2) is 0 Å². The molecule has 2 atom stereocenters. The molecule has 1 aliphatic rings. The molecule has 2 unspecified atom stereocenters. The van der Waals surface area contributed by atoms with Crippen LogP contribution in [0.15, 0.2) is 0 Å². The van der Waals surface area contributed by atoms with Crippen molar-refractivity contribution in [2.24, 2.45) is 11.8 Å². The van der Waals surface area contributed by atoms with Gasteiger partial charge in [-0.05, 0) is 20.3 Å². The fraction of sp³-hybridized carbons (Fsp3) is 0.889. The van der Waals surface area contributed by atoms with Crippen molar-refractivity contribution in [1.82, 2.24) is 0 Å². The lowest BCUT2D eigenvalue weighted by Gasteiger charge is -1.97. The third kappa shape index (κ3) is 1.64. The van der Waals surface area contributed by atoms with Crippen LogP contribution in [-0.4, -0.2) is 0 Å². The monoisotopic (exact) mass is 125 g/mol. The molecule has 0 aromatic rings. The Bertz CT molecular complexity index is 86.0. The Balaban J connectivity index is 2.11. The van der Waals surface area contributed by atoms with Gasteiger partial charge in [0.15, 0.2) is 0 Å². The van der Waals surface area contributed by atoms with Gasteiger partial charge in [0.2, 0.25) is 0 Å². The van der Waals surface area contributed by atoms with Crippen molar-refractivity contribution in [2.45, 2.75) is 40.0 Å². The normalized spacial score (nSPS) is 28.3. The van der Waals surface area contributed by atoms with E-state index in [4.69, 9.17) is 0 Å². The highest BCUT2D eigenvalue weighted by Crippen LogP contribution is 2.47. The minimum absolute atomic E-state index is 0.921. The molecule has 1 saturated carbocycles. The van der Waals surface area contributed by atoms with Crippen LogP contribution >= 0.6 is 0 Å². The van der Waals surface area contributed by atoms with E-state index in [2.05, 4.69) is 20.8 Å². The maximum atomic E-state index is 2.36. The predicted molar refractivity (Wildman–Crippen MR) is 41.1 cm³/mol. The Hall–Kier alpha value is -0.130. The molecule has 9 heavy (non-hydrogen) atoms. The zero-order valence-electron chi connectivity index (χ0n) is 6.78. The van der Waals surface area contributed by atoms with Gasteiger partial charge >= 0.3 is 0 Å². The van der Waals surface area contributed by atoms with Crippen LogP contribution in [-0.2, 0) is 0 Å². The highest BCUT2D eigenvalue weighted by atomic mass is 14.4. The number of rotatable bonds is 3. The molecule has 52 valence electrons. The van der Waals surface area contributed by atoms with Crippen LogP contribution < -0.4 is 0 Å². The van der Waals surface area contributed by atoms with Crippen molar-refractivity contribution in [1.29, 1.82) is 0 Å². The van der Waals surface area contributed by atoms with Crippen molar-refractivity contribution in [2.75, 3.05) is 0 Å². The average molecular weight is 125 g/mol. The maximum Gasteiger partial charge on any atom is 0.138 e. The summed E-state index contributed by atoms with van der Waals surface area (Å²) in [6, 6.07) is 0. The quantitative estimate of drug-likeness (QED) is 0.508. The van der Waals surface area contributed by atoms with Crippen molar-refractivity contribution >= 4 is 0 Å². The molecule has 0 N–H and O–H groups in total. The molecular formula is C9H17+. The lowest BCUT2D eigenvalue weighted by atomic mass is 10.00. The van der Waals surface area contributed by atoms with E-state index in [1.54, 1.807) is 0 Å². The molecule has 1 fully saturated rings. The zero-order chi connectivity index (χ0) is 6.85. The van der Waals surface area contributed by atoms with E-state index in [0.29, 0.717) is 0 Å². The van der Waals surface area contributed by atoms with Crippen LogP contribution in [0.1, 0.15) is 40.0 Å². The second kappa shape index (κ2) is 2.64. The Morgan fingerprint density at radius 1 is 1.67 bits per heavy atom. The predicted octanol–water partition coefficient (Wildman–Crippen LogP) is 3.04. The molecule has 0 saturated heterocycles. The second-order valence-electron chi connectivity index (χ2n) is 3.37. The first-order valence-electron chi connectivity index (χ1n) is 4.11. The molecule has 0 nitrogen and oxygen atoms in total. The molecule has 0 aromatic carbocycles. The van der Waals surface area contributed by atoms with Crippen LogP contribution in [0.5, 0.6) is 0 Å². The van der Waals surface area contributed by atoms with E-state index < -0.39 is 0 Å². The smallest absolute Gasteiger partial charge is 0.0652 e. The van der Waals surface area contributed by atoms with Gasteiger partial charge in [-0.1, -0.05) is 13.3 Å². The van der Waals surface area contributed by atoms with E-state index in [-0.39, 0.29) is 0 Å². The van der Waals surface area contributed by atoms with Gasteiger partial charge in [-0.2, -0.15) is 0 Å². The Morgan fingerprint density at radius 3 is 2.56 bits per heavy atom. The molecule has 0 amide bonds. The average Bonchev–Trinajstić information content (AvgIpc) is 2.47. The summed E-state index contributed by atoms with van der Waals surface area (Å²) in [6.07, 6.45) is 4.16. The first-order valence-corrected chi connectivity index (χ1v) is 4.11. The van der Waals surface area contributed by atoms with E-state index in [1.807, 2.05) is 5.92 Å². The molecule has 0 heterocycles. The first kappa shape index (κ1) is 6.98. The van der Waals surface area contributed by atoms with Crippen LogP contribution in [0.25, 0.3) is 0 Å². The van der Waals surface area contributed by atoms with Crippen LogP contribution in [0.2, 0.25) is 0 Å². The molecule has 0 radical (unpaired) electrons. The lowest BCUT2D eigenvalue weighted by Crippen LogP contribution is -1.94. The van der Waals surface area contributed by atoms with Crippen LogP contribution in [0.4, 0.5) is 0 Å². The van der Waals surface area contributed by atoms with Gasteiger partial charge in [0.05, 0.1) is 5.92 Å². The molecule has 0 aliphatic heterocycles. The van der Waals surface area contributed by atoms with Crippen molar-refractivity contribution in [3.8, 4) is 0 Å². The van der Waals surface area contributed by atoms with Gasteiger partial charge in [-0.15, -0.1) is 0 Å². The number of hydrogen-bond donors (Lipinski definition) is 0. The topological polar surface area (TPSA) is 0 Å². The van der Waals surface area contributed by atoms with E-state index in [1.165, 1.54) is 19.3 Å². The summed E-state index contributed by atoms with van der Waals surface area (Å²) in [7, 11) is 0. The van der Waals surface area contributed by atoms with Crippen molar-refractivity contribution in [3.63, 3.8) is 0 Å². The van der Waals surface area contributed by atoms with Gasteiger partial charge in [0.25, 0.3) is 0 Å². The Morgan fingerprint density at radius 2 is 2.22 bits per heavy atom. The van der Waals surface area contributed by atoms with E-state index in [0.717, 1.165) is 11.8 Å². The lowest BCUT2D eigenvalue weighted by molar-refractivity contribution is 0.570. The van der Waals surface area contributed by atoms with Crippen LogP contribution in [0, 0.1) is 17.8 Å². The standard InChI is InChI=1S/C9H17/c1-4-5-7(2)9-6-8(9)3/h7-8H,4-6H2,1-3H3/q+1. The summed E-state index contributed by atoms with van der Waals surface area (Å²) < 4.78 is 0. The Kier molecular flexibility index (Phi) is 2.05. The van der Waals surface area contributed by atoms with Gasteiger partial charge < -0.3 is 0 Å². The molecule has 0 spiro atoms. The fourth-order valence-corrected chi connectivity index (χ4v) is 1.60. The summed E-state index contributed by atoms with van der Waals surface area (Å²) in [6.45, 7) is 6.97. The minimum Gasteiger partial charge on any atom is -0.0652 e. The van der Waals surface area contributed by atoms with Gasteiger partial charge in [0, 0.05) is 0 Å². The van der Waals surface area contributed by atoms with Crippen molar-refractivity contribution in [3.05, 3.63) is 5.92 Å².